The third kappa shape index (κ3) is 67.2. The van der Waals surface area contributed by atoms with Gasteiger partial charge in [0.25, 0.3) is 0 Å². The lowest BCUT2D eigenvalue weighted by Crippen LogP contribution is -2.30. The second-order valence-corrected chi connectivity index (χ2v) is 30.6. The van der Waals surface area contributed by atoms with E-state index < -0.39 is 97.5 Å². The fraction of sp³-hybridized carbons (Fsp3) is 0.895. The van der Waals surface area contributed by atoms with E-state index in [1.165, 1.54) is 154 Å². The highest BCUT2D eigenvalue weighted by Crippen LogP contribution is 2.45. The minimum Gasteiger partial charge on any atom is -0.462 e. The number of carbonyl (C=O) groups is 4. The molecular formula is C76H144O17P2. The standard InChI is InChI=1S/C76H144O17P2/c1-8-11-12-13-14-15-16-17-18-23-26-31-36-45-52-59-75(80)92-71(63-86-73(78)57-50-43-35-30-25-22-20-19-21-24-29-34-41-48-55-68(6)9-2)65-90-94(82,83)88-61-70(77)62-89-95(84,85)91-66-72(64-87-74(79)58-51-44-39-38-42-49-56-69(7)10-3)93-76(81)60-53-46-37-32-27-28-33-40-47-54-67(4)5/h15-18,67-72,77H,8-14,19-66H2,1-7H3,(H,82,83)(H,84,85)/b16-15-,18-17-/t68?,69?,70-,71-,72-/m1/s1. The Hall–Kier alpha value is -2.46. The number of rotatable bonds is 72. The molecular weight excluding hydrogens is 1250 g/mol. The molecule has 0 aliphatic rings. The van der Waals surface area contributed by atoms with Gasteiger partial charge in [0.1, 0.15) is 19.3 Å². The van der Waals surface area contributed by atoms with Gasteiger partial charge in [0.2, 0.25) is 0 Å². The van der Waals surface area contributed by atoms with Crippen LogP contribution in [0.1, 0.15) is 363 Å². The molecule has 3 N–H and O–H groups in total. The molecule has 17 nitrogen and oxygen atoms in total. The van der Waals surface area contributed by atoms with Crippen molar-refractivity contribution in [3.05, 3.63) is 24.3 Å². The third-order valence-electron chi connectivity index (χ3n) is 17.7. The Morgan fingerprint density at radius 2 is 0.621 bits per heavy atom. The molecule has 0 fully saturated rings. The first-order chi connectivity index (χ1) is 45.8. The van der Waals surface area contributed by atoms with Gasteiger partial charge in [-0.2, -0.15) is 0 Å². The van der Waals surface area contributed by atoms with Gasteiger partial charge in [-0.3, -0.25) is 37.3 Å². The van der Waals surface area contributed by atoms with Crippen molar-refractivity contribution in [3.63, 3.8) is 0 Å². The molecule has 4 unspecified atom stereocenters. The molecule has 0 aromatic carbocycles. The fourth-order valence-corrected chi connectivity index (χ4v) is 12.6. The van der Waals surface area contributed by atoms with Crippen LogP contribution >= 0.6 is 15.6 Å². The maximum Gasteiger partial charge on any atom is 0.472 e. The SMILES string of the molecule is CCCCCC/C=C\C=C/CCCCCCCC(=O)O[C@H](COC(=O)CCCCCCCCCCCCCCCCC(C)CC)COP(=O)(O)OC[C@@H](O)COP(=O)(O)OC[C@@H](COC(=O)CCCCCCCCC(C)CC)OC(=O)CCCCCCCCCCCC(C)C. The summed E-state index contributed by atoms with van der Waals surface area (Å²) >= 11 is 0. The van der Waals surface area contributed by atoms with Gasteiger partial charge < -0.3 is 33.8 Å². The predicted molar refractivity (Wildman–Crippen MR) is 386 cm³/mol. The lowest BCUT2D eigenvalue weighted by molar-refractivity contribution is -0.161. The number of carbonyl (C=O) groups excluding carboxylic acids is 4. The Morgan fingerprint density at radius 1 is 0.347 bits per heavy atom. The number of esters is 4. The molecule has 0 aliphatic carbocycles. The molecule has 95 heavy (non-hydrogen) atoms. The van der Waals surface area contributed by atoms with Crippen molar-refractivity contribution in [1.29, 1.82) is 0 Å². The number of aliphatic hydroxyl groups is 1. The Balaban J connectivity index is 5.28. The van der Waals surface area contributed by atoms with Crippen LogP contribution in [0.15, 0.2) is 24.3 Å². The molecule has 0 heterocycles. The van der Waals surface area contributed by atoms with Crippen LogP contribution in [-0.4, -0.2) is 96.7 Å². The summed E-state index contributed by atoms with van der Waals surface area (Å²) in [5.41, 5.74) is 0. The van der Waals surface area contributed by atoms with Crippen LogP contribution in [0.5, 0.6) is 0 Å². The van der Waals surface area contributed by atoms with Crippen molar-refractivity contribution >= 4 is 39.5 Å². The number of unbranched alkanes of at least 4 members (excludes halogenated alkanes) is 35. The summed E-state index contributed by atoms with van der Waals surface area (Å²) in [5, 5.41) is 10.6. The van der Waals surface area contributed by atoms with Gasteiger partial charge >= 0.3 is 39.5 Å². The largest absolute Gasteiger partial charge is 0.472 e. The maximum absolute atomic E-state index is 13.1. The van der Waals surface area contributed by atoms with E-state index in [0.29, 0.717) is 25.7 Å². The number of phosphoric acid groups is 2. The zero-order valence-corrected chi connectivity index (χ0v) is 63.4. The summed E-state index contributed by atoms with van der Waals surface area (Å²) in [6.07, 6.45) is 54.9. The number of ether oxygens (including phenoxy) is 4. The van der Waals surface area contributed by atoms with Crippen LogP contribution in [0.4, 0.5) is 0 Å². The van der Waals surface area contributed by atoms with Crippen molar-refractivity contribution in [3.8, 4) is 0 Å². The smallest absolute Gasteiger partial charge is 0.462 e. The number of aliphatic hydroxyl groups excluding tert-OH is 1. The second-order valence-electron chi connectivity index (χ2n) is 27.7. The second kappa shape index (κ2) is 66.1. The number of hydrogen-bond acceptors (Lipinski definition) is 15. The van der Waals surface area contributed by atoms with Crippen LogP contribution in [0.25, 0.3) is 0 Å². The van der Waals surface area contributed by atoms with Gasteiger partial charge in [-0.05, 0) is 69.1 Å². The van der Waals surface area contributed by atoms with E-state index in [-0.39, 0.29) is 25.7 Å². The molecule has 0 radical (unpaired) electrons. The molecule has 0 aromatic rings. The monoisotopic (exact) mass is 1390 g/mol. The summed E-state index contributed by atoms with van der Waals surface area (Å²) in [6, 6.07) is 0. The highest BCUT2D eigenvalue weighted by atomic mass is 31.2. The van der Waals surface area contributed by atoms with Crippen molar-refractivity contribution in [2.45, 2.75) is 381 Å². The van der Waals surface area contributed by atoms with Gasteiger partial charge in [0.05, 0.1) is 26.4 Å². The average Bonchev–Trinajstić information content (AvgIpc) is 1.37. The topological polar surface area (TPSA) is 237 Å². The van der Waals surface area contributed by atoms with Crippen LogP contribution in [-0.2, 0) is 65.4 Å². The Labute approximate surface area is 580 Å². The maximum atomic E-state index is 13.1. The van der Waals surface area contributed by atoms with E-state index in [2.05, 4.69) is 72.8 Å². The molecule has 0 rings (SSSR count). The molecule has 19 heteroatoms. The molecule has 0 amide bonds. The fourth-order valence-electron chi connectivity index (χ4n) is 11.0. The van der Waals surface area contributed by atoms with Crippen molar-refractivity contribution < 1.29 is 80.2 Å². The summed E-state index contributed by atoms with van der Waals surface area (Å²) in [4.78, 5) is 72.8. The summed E-state index contributed by atoms with van der Waals surface area (Å²) in [5.74, 6) is 0.161. The zero-order chi connectivity index (χ0) is 70.1. The van der Waals surface area contributed by atoms with Crippen LogP contribution in [0, 0.1) is 17.8 Å². The lowest BCUT2D eigenvalue weighted by atomic mass is 9.99. The molecule has 7 atom stereocenters. The minimum atomic E-state index is -4.97. The van der Waals surface area contributed by atoms with Crippen molar-refractivity contribution in [2.75, 3.05) is 39.6 Å². The predicted octanol–water partition coefficient (Wildman–Crippen LogP) is 21.7. The van der Waals surface area contributed by atoms with E-state index in [1.807, 2.05) is 0 Å². The first kappa shape index (κ1) is 92.5. The molecule has 0 saturated carbocycles. The zero-order valence-electron chi connectivity index (χ0n) is 61.6. The third-order valence-corrected chi connectivity index (χ3v) is 19.6. The van der Waals surface area contributed by atoms with Gasteiger partial charge in [0, 0.05) is 25.7 Å². The van der Waals surface area contributed by atoms with E-state index in [0.717, 1.165) is 127 Å². The van der Waals surface area contributed by atoms with Gasteiger partial charge in [0.15, 0.2) is 12.2 Å². The van der Waals surface area contributed by atoms with Gasteiger partial charge in [-0.1, -0.05) is 310 Å². The Morgan fingerprint density at radius 3 is 0.937 bits per heavy atom. The molecule has 0 saturated heterocycles. The molecule has 560 valence electrons. The molecule has 0 spiro atoms. The van der Waals surface area contributed by atoms with Crippen LogP contribution in [0.3, 0.4) is 0 Å². The highest BCUT2D eigenvalue weighted by molar-refractivity contribution is 7.47. The number of hydrogen-bond donors (Lipinski definition) is 3. The lowest BCUT2D eigenvalue weighted by Gasteiger charge is -2.21. The van der Waals surface area contributed by atoms with Gasteiger partial charge in [-0.15, -0.1) is 0 Å². The number of allylic oxidation sites excluding steroid dienone is 4. The van der Waals surface area contributed by atoms with E-state index in [1.54, 1.807) is 0 Å². The van der Waals surface area contributed by atoms with Crippen LogP contribution < -0.4 is 0 Å². The minimum absolute atomic E-state index is 0.0848. The average molecular weight is 1390 g/mol. The first-order valence-electron chi connectivity index (χ1n) is 38.7. The van der Waals surface area contributed by atoms with Crippen molar-refractivity contribution in [1.82, 2.24) is 0 Å². The van der Waals surface area contributed by atoms with E-state index >= 15 is 0 Å². The molecule has 0 aliphatic heterocycles. The highest BCUT2D eigenvalue weighted by Gasteiger charge is 2.30. The molecule has 0 aromatic heterocycles. The van der Waals surface area contributed by atoms with E-state index in [9.17, 15) is 43.2 Å². The quantitative estimate of drug-likeness (QED) is 0.0169. The summed E-state index contributed by atoms with van der Waals surface area (Å²) in [6.45, 7) is 11.8. The van der Waals surface area contributed by atoms with Crippen LogP contribution in [0.2, 0.25) is 0 Å². The van der Waals surface area contributed by atoms with Crippen molar-refractivity contribution in [2.24, 2.45) is 17.8 Å². The van der Waals surface area contributed by atoms with Gasteiger partial charge in [-0.25, -0.2) is 9.13 Å². The van der Waals surface area contributed by atoms with E-state index in [4.69, 9.17) is 37.0 Å². The Kier molecular flexibility index (Phi) is 64.4. The first-order valence-corrected chi connectivity index (χ1v) is 41.7. The summed E-state index contributed by atoms with van der Waals surface area (Å²) in [7, 11) is -9.92. The molecule has 0 bridgehead atoms. The normalized spacial score (nSPS) is 14.8. The number of phosphoric ester groups is 2. The summed E-state index contributed by atoms with van der Waals surface area (Å²) < 4.78 is 68.4. The Bertz CT molecular complexity index is 1950.